The van der Waals surface area contributed by atoms with Crippen molar-refractivity contribution in [2.24, 2.45) is 28.0 Å². The predicted octanol–water partition coefficient (Wildman–Crippen LogP) is 7.75. The predicted molar refractivity (Wildman–Crippen MR) is 163 cm³/mol. The van der Waals surface area contributed by atoms with E-state index in [2.05, 4.69) is 47.4 Å². The quantitative estimate of drug-likeness (QED) is 0.256. The Morgan fingerprint density at radius 3 is 2.88 bits per heavy atom. The summed E-state index contributed by atoms with van der Waals surface area (Å²) >= 11 is 6.41. The Hall–Kier alpha value is -2.31. The summed E-state index contributed by atoms with van der Waals surface area (Å²) in [5, 5.41) is 0.785. The van der Waals surface area contributed by atoms with Crippen LogP contribution in [0.3, 0.4) is 0 Å². The normalized spacial score (nSPS) is 31.7. The Morgan fingerprint density at radius 2 is 2.08 bits per heavy atom. The average Bonchev–Trinajstić information content (AvgIpc) is 3.06. The fraction of sp³-hybridized carbons (Fsp3) is 0.545. The largest absolute Gasteiger partial charge is 0.490 e. The number of anilines is 1. The molecule has 2 heterocycles. The van der Waals surface area contributed by atoms with Crippen molar-refractivity contribution in [1.29, 1.82) is 0 Å². The number of nitrogens with zero attached hydrogens (tertiary/aromatic N) is 2. The number of halogens is 1. The number of allylic oxidation sites excluding steroid dienone is 2. The highest BCUT2D eigenvalue weighted by Gasteiger charge is 2.44. The maximum Gasteiger partial charge on any atom is 0.254 e. The van der Waals surface area contributed by atoms with Crippen molar-refractivity contribution in [3.63, 3.8) is 0 Å². The van der Waals surface area contributed by atoms with Gasteiger partial charge in [0.15, 0.2) is 0 Å². The van der Waals surface area contributed by atoms with E-state index in [1.165, 1.54) is 24.0 Å². The van der Waals surface area contributed by atoms with Crippen LogP contribution in [0.1, 0.15) is 73.9 Å². The van der Waals surface area contributed by atoms with Crippen molar-refractivity contribution in [2.45, 2.75) is 64.2 Å². The maximum absolute atomic E-state index is 13.2. The summed E-state index contributed by atoms with van der Waals surface area (Å²) in [7, 11) is -1.55. The minimum Gasteiger partial charge on any atom is -0.490 e. The van der Waals surface area contributed by atoms with E-state index < -0.39 is 16.5 Å². The Labute approximate surface area is 245 Å². The second-order valence-corrected chi connectivity index (χ2v) is 14.1. The molecule has 5 atom stereocenters. The molecule has 6 rings (SSSR count). The molecule has 40 heavy (non-hydrogen) atoms. The van der Waals surface area contributed by atoms with E-state index in [0.717, 1.165) is 61.7 Å². The van der Waals surface area contributed by atoms with Crippen LogP contribution >= 0.6 is 11.6 Å². The molecule has 214 valence electrons. The molecule has 0 saturated heterocycles. The molecule has 7 heteroatoms. The van der Waals surface area contributed by atoms with Gasteiger partial charge in [0.2, 0.25) is 0 Å². The molecule has 4 aliphatic rings. The molecule has 2 aromatic carbocycles. The summed E-state index contributed by atoms with van der Waals surface area (Å²) in [6.07, 6.45) is 12.3. The molecule has 2 bridgehead atoms. The average molecular weight is 580 g/mol. The number of aryl methyl sites for hydroxylation is 1. The molecule has 2 aliphatic carbocycles. The van der Waals surface area contributed by atoms with E-state index in [4.69, 9.17) is 16.3 Å². The number of fused-ring (bicyclic) bond motifs is 4. The lowest BCUT2D eigenvalue weighted by atomic mass is 9.65. The Balaban J connectivity index is 1.43. The Bertz CT molecular complexity index is 1400. The molecule has 0 radical (unpaired) electrons. The van der Waals surface area contributed by atoms with Gasteiger partial charge in [-0.05, 0) is 104 Å². The van der Waals surface area contributed by atoms with Gasteiger partial charge in [-0.2, -0.15) is 10.6 Å². The Kier molecular flexibility index (Phi) is 8.02. The number of rotatable bonds is 1. The van der Waals surface area contributed by atoms with Crippen molar-refractivity contribution in [2.75, 3.05) is 30.3 Å². The molecule has 1 fully saturated rings. The van der Waals surface area contributed by atoms with Gasteiger partial charge in [0.25, 0.3) is 5.91 Å². The highest BCUT2D eigenvalue weighted by Crippen LogP contribution is 2.47. The second-order valence-electron chi connectivity index (χ2n) is 12.5. The number of carbonyl (C=O) groups is 1. The first-order valence-corrected chi connectivity index (χ1v) is 16.6. The lowest BCUT2D eigenvalue weighted by molar-refractivity contribution is 0.100. The van der Waals surface area contributed by atoms with Crippen LogP contribution in [0.4, 0.5) is 5.69 Å². The topological polar surface area (TPSA) is 59.0 Å². The third-order valence-electron chi connectivity index (χ3n) is 9.77. The van der Waals surface area contributed by atoms with Crippen molar-refractivity contribution in [3.8, 4) is 5.75 Å². The second kappa shape index (κ2) is 11.5. The Morgan fingerprint density at radius 1 is 1.20 bits per heavy atom. The summed E-state index contributed by atoms with van der Waals surface area (Å²) in [6, 6.07) is 12.0. The van der Waals surface area contributed by atoms with Gasteiger partial charge in [0.1, 0.15) is 5.75 Å². The molecule has 2 aromatic rings. The van der Waals surface area contributed by atoms with Gasteiger partial charge in [-0.25, -0.2) is 0 Å². The summed E-state index contributed by atoms with van der Waals surface area (Å²) in [5.41, 5.74) is 3.96. The van der Waals surface area contributed by atoms with Gasteiger partial charge in [-0.3, -0.25) is 4.79 Å². The number of ether oxygens (including phenoxy) is 1. The van der Waals surface area contributed by atoms with Gasteiger partial charge in [-0.1, -0.05) is 55.3 Å². The monoisotopic (exact) mass is 579 g/mol. The minimum absolute atomic E-state index is 0.145. The highest BCUT2D eigenvalue weighted by molar-refractivity contribution is 7.75. The van der Waals surface area contributed by atoms with E-state index in [0.29, 0.717) is 35.7 Å². The molecular formula is C33H40ClN2O3S-. The van der Waals surface area contributed by atoms with Crippen LogP contribution in [-0.2, 0) is 26.6 Å². The molecule has 0 aromatic heterocycles. The van der Waals surface area contributed by atoms with Crippen molar-refractivity contribution in [3.05, 3.63) is 70.3 Å². The molecule has 0 unspecified atom stereocenters. The van der Waals surface area contributed by atoms with Crippen LogP contribution in [-0.4, -0.2) is 31.4 Å². The van der Waals surface area contributed by atoms with Crippen LogP contribution in [0.25, 0.3) is 0 Å². The number of hydrogen-bond donors (Lipinski definition) is 0. The maximum atomic E-state index is 13.2. The van der Waals surface area contributed by atoms with Crippen LogP contribution in [0.5, 0.6) is 5.75 Å². The molecule has 1 amide bonds. The number of amides is 1. The van der Waals surface area contributed by atoms with E-state index in [1.54, 1.807) is 6.07 Å². The molecule has 5 nitrogen and oxygen atoms in total. The molecule has 1 saturated carbocycles. The van der Waals surface area contributed by atoms with Crippen LogP contribution in [0.2, 0.25) is 5.02 Å². The van der Waals surface area contributed by atoms with Gasteiger partial charge in [0, 0.05) is 29.1 Å². The number of carbonyl (C=O) groups excluding carboxylic acids is 1. The summed E-state index contributed by atoms with van der Waals surface area (Å²) in [5.74, 6) is 2.79. The first-order chi connectivity index (χ1) is 19.3. The molecule has 2 aliphatic heterocycles. The van der Waals surface area contributed by atoms with Crippen LogP contribution in [0.15, 0.2) is 52.9 Å². The fourth-order valence-corrected chi connectivity index (χ4v) is 8.66. The van der Waals surface area contributed by atoms with Gasteiger partial charge in [-0.15, -0.1) is 0 Å². The van der Waals surface area contributed by atoms with Crippen molar-refractivity contribution >= 4 is 33.8 Å². The lowest BCUT2D eigenvalue weighted by Crippen LogP contribution is -2.49. The summed E-state index contributed by atoms with van der Waals surface area (Å²) in [4.78, 5) is 15.7. The molecular weight excluding hydrogens is 540 g/mol. The van der Waals surface area contributed by atoms with Gasteiger partial charge < -0.3 is 18.2 Å². The first kappa shape index (κ1) is 27.8. The summed E-state index contributed by atoms with van der Waals surface area (Å²) < 4.78 is 23.4. The molecule has 0 N–H and O–H groups in total. The van der Waals surface area contributed by atoms with E-state index >= 15 is 0 Å². The highest BCUT2D eigenvalue weighted by atomic mass is 35.5. The van der Waals surface area contributed by atoms with E-state index in [-0.39, 0.29) is 11.3 Å². The lowest BCUT2D eigenvalue weighted by Gasteiger charge is -2.46. The third-order valence-corrected chi connectivity index (χ3v) is 11.2. The van der Waals surface area contributed by atoms with Crippen LogP contribution < -0.4 is 9.64 Å². The zero-order chi connectivity index (χ0) is 27.9. The van der Waals surface area contributed by atoms with E-state index in [9.17, 15) is 9.00 Å². The number of benzene rings is 2. The van der Waals surface area contributed by atoms with Crippen molar-refractivity contribution < 1.29 is 13.7 Å². The zero-order valence-corrected chi connectivity index (χ0v) is 25.2. The minimum atomic E-state index is -1.55. The zero-order valence-electron chi connectivity index (χ0n) is 23.6. The van der Waals surface area contributed by atoms with Gasteiger partial charge >= 0.3 is 0 Å². The SMILES string of the molecule is CC[C@H]1/C=C/C[C@H](C)C[S-](=O)=NC(=O)c2ccc3c(c2)N(C[C@@H]2CC[C@H]21)C[C@@]1(CCCc2cc(Cl)ccc21)CO3. The fourth-order valence-electron chi connectivity index (χ4n) is 7.48. The smallest absolute Gasteiger partial charge is 0.254 e. The summed E-state index contributed by atoms with van der Waals surface area (Å²) in [6.45, 7) is 6.75. The van der Waals surface area contributed by atoms with Crippen molar-refractivity contribution in [1.82, 2.24) is 0 Å². The van der Waals surface area contributed by atoms with Crippen LogP contribution in [0, 0.1) is 23.7 Å². The number of hydrogen-bond acceptors (Lipinski definition) is 5. The standard InChI is InChI=1S/C33H40ClN2O3S/c1-3-23-7-4-6-22(2)19-40(38)35-32(37)25-10-14-31-30(17-25)36(18-26-9-12-28(23)26)20-33(21-39-31)15-5-8-24-16-27(34)11-13-29(24)33/h4,7,10-11,13-14,16-17,22-23,26,28H,3,5-6,8-9,12,15,18-21H2,1-2H3/q-1/b7-4+/t22-,23-,26-,28-,33-/m0/s1. The van der Waals surface area contributed by atoms with Gasteiger partial charge in [0.05, 0.1) is 12.3 Å². The van der Waals surface area contributed by atoms with E-state index in [1.807, 2.05) is 18.2 Å². The first-order valence-electron chi connectivity index (χ1n) is 15.0. The molecule has 1 spiro atoms. The third kappa shape index (κ3) is 5.46.